The number of β-amino-alcohol motifs (C(OH)–C–C–N with tert-alkyl or cyclic N) is 1. The molecule has 0 amide bonds. The van der Waals surface area contributed by atoms with Crippen molar-refractivity contribution in [2.24, 2.45) is 0 Å². The summed E-state index contributed by atoms with van der Waals surface area (Å²) in [4.78, 5) is 7.48. The topological polar surface area (TPSA) is 62.4 Å². The Bertz CT molecular complexity index is 517. The molecule has 1 saturated heterocycles. The van der Waals surface area contributed by atoms with Crippen LogP contribution < -0.4 is 0 Å². The highest BCUT2D eigenvalue weighted by molar-refractivity contribution is 7.13. The van der Waals surface area contributed by atoms with Gasteiger partial charge in [-0.05, 0) is 17.9 Å². The Morgan fingerprint density at radius 2 is 2.39 bits per heavy atom. The van der Waals surface area contributed by atoms with Gasteiger partial charge in [0.25, 0.3) is 0 Å². The fraction of sp³-hybridized carbons (Fsp3) is 0.500. The Kier molecular flexibility index (Phi) is 2.93. The van der Waals surface area contributed by atoms with E-state index in [-0.39, 0.29) is 0 Å². The van der Waals surface area contributed by atoms with Gasteiger partial charge in [0.05, 0.1) is 17.0 Å². The van der Waals surface area contributed by atoms with Crippen LogP contribution in [0.4, 0.5) is 0 Å². The van der Waals surface area contributed by atoms with E-state index in [4.69, 9.17) is 4.52 Å². The van der Waals surface area contributed by atoms with Crippen molar-refractivity contribution < 1.29 is 9.63 Å². The molecule has 0 unspecified atom stereocenters. The third kappa shape index (κ3) is 2.19. The number of hydrogen-bond acceptors (Lipinski definition) is 6. The Morgan fingerprint density at radius 1 is 1.56 bits per heavy atom. The fourth-order valence-corrected chi connectivity index (χ4v) is 2.79. The quantitative estimate of drug-likeness (QED) is 0.912. The average molecular weight is 265 g/mol. The summed E-state index contributed by atoms with van der Waals surface area (Å²) in [7, 11) is 0. The zero-order valence-corrected chi connectivity index (χ0v) is 11.0. The first-order chi connectivity index (χ1) is 8.68. The second-order valence-corrected chi connectivity index (χ2v) is 5.66. The van der Waals surface area contributed by atoms with Gasteiger partial charge in [-0.15, -0.1) is 11.3 Å². The molecule has 18 heavy (non-hydrogen) atoms. The van der Waals surface area contributed by atoms with E-state index < -0.39 is 5.60 Å². The molecule has 1 aliphatic rings. The van der Waals surface area contributed by atoms with E-state index in [1.807, 2.05) is 24.4 Å². The zero-order valence-electron chi connectivity index (χ0n) is 10.2. The Morgan fingerprint density at radius 3 is 3.06 bits per heavy atom. The molecule has 0 aromatic carbocycles. The highest BCUT2D eigenvalue weighted by Crippen LogP contribution is 2.26. The minimum Gasteiger partial charge on any atom is -0.387 e. The van der Waals surface area contributed by atoms with E-state index in [1.165, 1.54) is 0 Å². The summed E-state index contributed by atoms with van der Waals surface area (Å²) in [5, 5.41) is 15.9. The molecular weight excluding hydrogens is 250 g/mol. The summed E-state index contributed by atoms with van der Waals surface area (Å²) in [5.41, 5.74) is -0.517. The SMILES string of the molecule is CCC1(O)CN(Cc2nc(-c3cccs3)no2)C1. The van der Waals surface area contributed by atoms with E-state index in [2.05, 4.69) is 15.0 Å². The van der Waals surface area contributed by atoms with Crippen molar-refractivity contribution in [2.75, 3.05) is 13.1 Å². The van der Waals surface area contributed by atoms with Crippen LogP contribution in [0.1, 0.15) is 19.2 Å². The molecular formula is C12H15N3O2S. The molecule has 0 radical (unpaired) electrons. The molecule has 3 rings (SSSR count). The lowest BCUT2D eigenvalue weighted by atomic mass is 9.91. The fourth-order valence-electron chi connectivity index (χ4n) is 2.14. The van der Waals surface area contributed by atoms with Crippen LogP contribution >= 0.6 is 11.3 Å². The van der Waals surface area contributed by atoms with Crippen molar-refractivity contribution >= 4 is 11.3 Å². The normalized spacial score (nSPS) is 18.8. The van der Waals surface area contributed by atoms with E-state index >= 15 is 0 Å². The van der Waals surface area contributed by atoms with Crippen molar-refractivity contribution in [3.8, 4) is 10.7 Å². The standard InChI is InChI=1S/C12H15N3O2S/c1-2-12(16)7-15(8-12)6-10-13-11(14-17-10)9-4-3-5-18-9/h3-5,16H,2,6-8H2,1H3. The zero-order chi connectivity index (χ0) is 12.6. The van der Waals surface area contributed by atoms with Crippen molar-refractivity contribution in [1.82, 2.24) is 15.0 Å². The number of nitrogens with zero attached hydrogens (tertiary/aromatic N) is 3. The van der Waals surface area contributed by atoms with E-state index in [1.54, 1.807) is 11.3 Å². The van der Waals surface area contributed by atoms with Crippen LogP contribution in [0.3, 0.4) is 0 Å². The molecule has 2 aromatic heterocycles. The summed E-state index contributed by atoms with van der Waals surface area (Å²) in [6, 6.07) is 3.94. The maximum Gasteiger partial charge on any atom is 0.241 e. The van der Waals surface area contributed by atoms with Gasteiger partial charge >= 0.3 is 0 Å². The van der Waals surface area contributed by atoms with Gasteiger partial charge in [0.1, 0.15) is 0 Å². The molecule has 6 heteroatoms. The lowest BCUT2D eigenvalue weighted by molar-refractivity contribution is -0.106. The van der Waals surface area contributed by atoms with Gasteiger partial charge < -0.3 is 9.63 Å². The van der Waals surface area contributed by atoms with Crippen LogP contribution in [-0.2, 0) is 6.54 Å². The lowest BCUT2D eigenvalue weighted by Gasteiger charge is -2.45. The van der Waals surface area contributed by atoms with Gasteiger partial charge in [0.2, 0.25) is 11.7 Å². The van der Waals surface area contributed by atoms with Crippen LogP contribution in [0, 0.1) is 0 Å². The number of thiophene rings is 1. The molecule has 0 atom stereocenters. The number of aliphatic hydroxyl groups is 1. The minimum atomic E-state index is -0.517. The third-order valence-electron chi connectivity index (χ3n) is 3.26. The molecule has 0 saturated carbocycles. The summed E-state index contributed by atoms with van der Waals surface area (Å²) in [5.74, 6) is 1.25. The van der Waals surface area contributed by atoms with Gasteiger partial charge in [-0.25, -0.2) is 0 Å². The first-order valence-electron chi connectivity index (χ1n) is 6.00. The van der Waals surface area contributed by atoms with Crippen LogP contribution in [0.15, 0.2) is 22.0 Å². The predicted octanol–water partition coefficient (Wildman–Crippen LogP) is 1.75. The van der Waals surface area contributed by atoms with Crippen molar-refractivity contribution in [3.05, 3.63) is 23.4 Å². The largest absolute Gasteiger partial charge is 0.387 e. The number of hydrogen-bond donors (Lipinski definition) is 1. The Hall–Kier alpha value is -1.24. The predicted molar refractivity (Wildman–Crippen MR) is 68.1 cm³/mol. The van der Waals surface area contributed by atoms with Crippen LogP contribution in [-0.4, -0.2) is 38.8 Å². The van der Waals surface area contributed by atoms with E-state index in [0.717, 1.165) is 11.3 Å². The van der Waals surface area contributed by atoms with Gasteiger partial charge in [-0.3, -0.25) is 4.90 Å². The molecule has 1 aliphatic heterocycles. The Labute approximate surface area is 109 Å². The van der Waals surface area contributed by atoms with Gasteiger partial charge in [0, 0.05) is 13.1 Å². The molecule has 1 N–H and O–H groups in total. The van der Waals surface area contributed by atoms with E-state index in [0.29, 0.717) is 31.3 Å². The van der Waals surface area contributed by atoms with Crippen LogP contribution in [0.5, 0.6) is 0 Å². The van der Waals surface area contributed by atoms with Gasteiger partial charge in [0.15, 0.2) is 0 Å². The molecule has 1 fully saturated rings. The van der Waals surface area contributed by atoms with Gasteiger partial charge in [-0.1, -0.05) is 18.1 Å². The van der Waals surface area contributed by atoms with Crippen LogP contribution in [0.25, 0.3) is 10.7 Å². The molecule has 3 heterocycles. The maximum absolute atomic E-state index is 9.92. The number of likely N-dealkylation sites (tertiary alicyclic amines) is 1. The van der Waals surface area contributed by atoms with E-state index in [9.17, 15) is 5.11 Å². The first kappa shape index (κ1) is 11.8. The van der Waals surface area contributed by atoms with Crippen LogP contribution in [0.2, 0.25) is 0 Å². The molecule has 5 nitrogen and oxygen atoms in total. The van der Waals surface area contributed by atoms with Crippen molar-refractivity contribution in [1.29, 1.82) is 0 Å². The summed E-state index contributed by atoms with van der Waals surface area (Å²) in [6.45, 7) is 3.97. The molecule has 0 bridgehead atoms. The molecule has 0 spiro atoms. The minimum absolute atomic E-state index is 0.517. The van der Waals surface area contributed by atoms with Crippen molar-refractivity contribution in [3.63, 3.8) is 0 Å². The second kappa shape index (κ2) is 4.46. The van der Waals surface area contributed by atoms with Crippen molar-refractivity contribution in [2.45, 2.75) is 25.5 Å². The summed E-state index contributed by atoms with van der Waals surface area (Å²) < 4.78 is 5.22. The Balaban J connectivity index is 1.62. The molecule has 0 aliphatic carbocycles. The lowest BCUT2D eigenvalue weighted by Crippen LogP contribution is -2.60. The number of aromatic nitrogens is 2. The first-order valence-corrected chi connectivity index (χ1v) is 6.88. The average Bonchev–Trinajstić information content (AvgIpc) is 2.96. The summed E-state index contributed by atoms with van der Waals surface area (Å²) >= 11 is 1.59. The maximum atomic E-state index is 9.92. The summed E-state index contributed by atoms with van der Waals surface area (Å²) in [6.07, 6.45) is 0.785. The number of rotatable bonds is 4. The third-order valence-corrected chi connectivity index (χ3v) is 4.13. The highest BCUT2D eigenvalue weighted by Gasteiger charge is 2.39. The molecule has 2 aromatic rings. The van der Waals surface area contributed by atoms with Gasteiger partial charge in [-0.2, -0.15) is 4.98 Å². The highest BCUT2D eigenvalue weighted by atomic mass is 32.1. The smallest absolute Gasteiger partial charge is 0.241 e. The second-order valence-electron chi connectivity index (χ2n) is 4.71. The molecule has 96 valence electrons. The monoisotopic (exact) mass is 265 g/mol.